The van der Waals surface area contributed by atoms with Crippen LogP contribution in [-0.2, 0) is 14.3 Å². The Bertz CT molecular complexity index is 233. The predicted molar refractivity (Wildman–Crippen MR) is 61.2 cm³/mol. The average molecular weight is 228 g/mol. The molecule has 1 aliphatic heterocycles. The summed E-state index contributed by atoms with van der Waals surface area (Å²) in [5, 5.41) is 5.88. The molecule has 0 bridgehead atoms. The Balaban J connectivity index is 2.05. The highest BCUT2D eigenvalue weighted by Gasteiger charge is 2.18. The second-order valence-electron chi connectivity index (χ2n) is 3.83. The van der Waals surface area contributed by atoms with Crippen molar-refractivity contribution in [1.29, 1.82) is 0 Å². The number of nitrogens with one attached hydrogen (secondary N) is 2. The summed E-state index contributed by atoms with van der Waals surface area (Å²) in [6.07, 6.45) is 1.88. The molecule has 1 heterocycles. The summed E-state index contributed by atoms with van der Waals surface area (Å²) in [5.74, 6) is -0.128. The molecule has 92 valence electrons. The normalized spacial score (nSPS) is 25.1. The van der Waals surface area contributed by atoms with Gasteiger partial charge in [-0.2, -0.15) is 0 Å². The second kappa shape index (κ2) is 7.38. The Labute approximate surface area is 96.2 Å². The fourth-order valence-electron chi connectivity index (χ4n) is 1.49. The lowest BCUT2D eigenvalue weighted by Crippen LogP contribution is -2.45. The van der Waals surface area contributed by atoms with Crippen molar-refractivity contribution in [2.45, 2.75) is 19.1 Å². The van der Waals surface area contributed by atoms with E-state index in [0.29, 0.717) is 13.2 Å². The summed E-state index contributed by atoms with van der Waals surface area (Å²) in [4.78, 5) is 11.2. The maximum absolute atomic E-state index is 11.2. The molecule has 1 fully saturated rings. The van der Waals surface area contributed by atoms with Crippen molar-refractivity contribution in [1.82, 2.24) is 10.6 Å². The number of carbonyl (C=O) groups is 1. The van der Waals surface area contributed by atoms with Crippen LogP contribution in [0.25, 0.3) is 0 Å². The van der Waals surface area contributed by atoms with Crippen molar-refractivity contribution >= 4 is 5.91 Å². The molecule has 0 aromatic rings. The molecule has 2 N–H and O–H groups in total. The van der Waals surface area contributed by atoms with Gasteiger partial charge in [-0.3, -0.25) is 4.79 Å². The topological polar surface area (TPSA) is 59.6 Å². The SMILES string of the molecule is C=CCNC(=O)COCC1CNCC(C)O1. The molecule has 0 radical (unpaired) electrons. The molecule has 2 atom stereocenters. The van der Waals surface area contributed by atoms with Gasteiger partial charge in [0.25, 0.3) is 0 Å². The van der Waals surface area contributed by atoms with Crippen LogP contribution in [-0.4, -0.2) is 51.0 Å². The molecule has 1 saturated heterocycles. The van der Waals surface area contributed by atoms with Crippen LogP contribution in [0.15, 0.2) is 12.7 Å². The molecule has 5 nitrogen and oxygen atoms in total. The molecule has 1 aliphatic rings. The quantitative estimate of drug-likeness (QED) is 0.612. The molecule has 0 aromatic carbocycles. The molecule has 0 aliphatic carbocycles. The van der Waals surface area contributed by atoms with Crippen molar-refractivity contribution in [3.63, 3.8) is 0 Å². The number of amides is 1. The van der Waals surface area contributed by atoms with Gasteiger partial charge < -0.3 is 20.1 Å². The van der Waals surface area contributed by atoms with Crippen molar-refractivity contribution in [3.05, 3.63) is 12.7 Å². The Kier molecular flexibility index (Phi) is 6.07. The molecule has 1 rings (SSSR count). The van der Waals surface area contributed by atoms with E-state index in [1.807, 2.05) is 6.92 Å². The molecule has 0 saturated carbocycles. The van der Waals surface area contributed by atoms with E-state index >= 15 is 0 Å². The lowest BCUT2D eigenvalue weighted by molar-refractivity contribution is -0.128. The van der Waals surface area contributed by atoms with Crippen molar-refractivity contribution < 1.29 is 14.3 Å². The number of hydrogen-bond acceptors (Lipinski definition) is 4. The molecular weight excluding hydrogens is 208 g/mol. The van der Waals surface area contributed by atoms with Crippen LogP contribution in [0, 0.1) is 0 Å². The van der Waals surface area contributed by atoms with Gasteiger partial charge in [-0.25, -0.2) is 0 Å². The fourth-order valence-corrected chi connectivity index (χ4v) is 1.49. The van der Waals surface area contributed by atoms with Crippen LogP contribution in [0.1, 0.15) is 6.92 Å². The van der Waals surface area contributed by atoms with Crippen molar-refractivity contribution in [3.8, 4) is 0 Å². The average Bonchev–Trinajstić information content (AvgIpc) is 2.26. The summed E-state index contributed by atoms with van der Waals surface area (Å²) in [6, 6.07) is 0. The minimum atomic E-state index is -0.128. The maximum Gasteiger partial charge on any atom is 0.246 e. The second-order valence-corrected chi connectivity index (χ2v) is 3.83. The van der Waals surface area contributed by atoms with Crippen LogP contribution >= 0.6 is 0 Å². The Morgan fingerprint density at radius 1 is 1.69 bits per heavy atom. The predicted octanol–water partition coefficient (Wildman–Crippen LogP) is -0.318. The molecule has 5 heteroatoms. The summed E-state index contributed by atoms with van der Waals surface area (Å²) in [5.41, 5.74) is 0. The number of rotatable bonds is 6. The van der Waals surface area contributed by atoms with Gasteiger partial charge >= 0.3 is 0 Å². The van der Waals surface area contributed by atoms with E-state index in [1.165, 1.54) is 0 Å². The van der Waals surface area contributed by atoms with E-state index in [-0.39, 0.29) is 24.7 Å². The van der Waals surface area contributed by atoms with Crippen LogP contribution in [0.3, 0.4) is 0 Å². The van der Waals surface area contributed by atoms with Crippen LogP contribution < -0.4 is 10.6 Å². The number of hydrogen-bond donors (Lipinski definition) is 2. The highest BCUT2D eigenvalue weighted by Crippen LogP contribution is 2.03. The van der Waals surface area contributed by atoms with E-state index in [4.69, 9.17) is 9.47 Å². The molecule has 0 spiro atoms. The molecular formula is C11H20N2O3. The minimum absolute atomic E-state index is 0.0379. The minimum Gasteiger partial charge on any atom is -0.370 e. The van der Waals surface area contributed by atoms with Crippen molar-refractivity contribution in [2.24, 2.45) is 0 Å². The first-order chi connectivity index (χ1) is 7.72. The first kappa shape index (κ1) is 13.2. The Hall–Kier alpha value is -0.910. The zero-order valence-corrected chi connectivity index (χ0v) is 9.70. The van der Waals surface area contributed by atoms with E-state index in [1.54, 1.807) is 6.08 Å². The first-order valence-electron chi connectivity index (χ1n) is 5.54. The zero-order chi connectivity index (χ0) is 11.8. The summed E-state index contributed by atoms with van der Waals surface area (Å²) < 4.78 is 10.9. The van der Waals surface area contributed by atoms with Gasteiger partial charge in [0.2, 0.25) is 5.91 Å². The van der Waals surface area contributed by atoms with Crippen LogP contribution in [0.4, 0.5) is 0 Å². The number of carbonyl (C=O) groups excluding carboxylic acids is 1. The standard InChI is InChI=1S/C11H20N2O3/c1-3-4-13-11(14)8-15-7-10-6-12-5-9(2)16-10/h3,9-10,12H,1,4-8H2,2H3,(H,13,14). The van der Waals surface area contributed by atoms with Crippen molar-refractivity contribution in [2.75, 3.05) is 32.8 Å². The highest BCUT2D eigenvalue weighted by atomic mass is 16.5. The Morgan fingerprint density at radius 2 is 2.50 bits per heavy atom. The third kappa shape index (κ3) is 5.25. The highest BCUT2D eigenvalue weighted by molar-refractivity contribution is 5.77. The third-order valence-corrected chi connectivity index (χ3v) is 2.21. The molecule has 1 amide bonds. The lowest BCUT2D eigenvalue weighted by Gasteiger charge is -2.28. The smallest absolute Gasteiger partial charge is 0.246 e. The zero-order valence-electron chi connectivity index (χ0n) is 9.70. The number of morpholine rings is 1. The van der Waals surface area contributed by atoms with Gasteiger partial charge in [0.15, 0.2) is 0 Å². The third-order valence-electron chi connectivity index (χ3n) is 2.21. The van der Waals surface area contributed by atoms with Gasteiger partial charge in [-0.15, -0.1) is 6.58 Å². The first-order valence-corrected chi connectivity index (χ1v) is 5.54. The lowest BCUT2D eigenvalue weighted by atomic mass is 10.2. The molecule has 2 unspecified atom stereocenters. The van der Waals surface area contributed by atoms with Gasteiger partial charge in [0.05, 0.1) is 18.8 Å². The van der Waals surface area contributed by atoms with Gasteiger partial charge in [-0.05, 0) is 6.92 Å². The van der Waals surface area contributed by atoms with Gasteiger partial charge in [0, 0.05) is 19.6 Å². The Morgan fingerprint density at radius 3 is 3.19 bits per heavy atom. The van der Waals surface area contributed by atoms with Gasteiger partial charge in [0.1, 0.15) is 6.61 Å². The summed E-state index contributed by atoms with van der Waals surface area (Å²) >= 11 is 0. The monoisotopic (exact) mass is 228 g/mol. The van der Waals surface area contributed by atoms with E-state index in [9.17, 15) is 4.79 Å². The largest absolute Gasteiger partial charge is 0.370 e. The summed E-state index contributed by atoms with van der Waals surface area (Å²) in [6.45, 7) is 8.16. The van der Waals surface area contributed by atoms with E-state index < -0.39 is 0 Å². The van der Waals surface area contributed by atoms with Crippen LogP contribution in [0.5, 0.6) is 0 Å². The summed E-state index contributed by atoms with van der Waals surface area (Å²) in [7, 11) is 0. The fraction of sp³-hybridized carbons (Fsp3) is 0.727. The van der Waals surface area contributed by atoms with E-state index in [2.05, 4.69) is 17.2 Å². The number of ether oxygens (including phenoxy) is 2. The van der Waals surface area contributed by atoms with Crippen LogP contribution in [0.2, 0.25) is 0 Å². The molecule has 0 aromatic heterocycles. The molecule has 16 heavy (non-hydrogen) atoms. The maximum atomic E-state index is 11.2. The van der Waals surface area contributed by atoms with E-state index in [0.717, 1.165) is 13.1 Å². The van der Waals surface area contributed by atoms with Gasteiger partial charge in [-0.1, -0.05) is 6.08 Å².